The standard InChI is InChI=1S/C22H28N2O2/c1-4-13-23-22(26)18(3)24(16-20-12-8-9-17(2)14-20)21(25)15-19-10-6-5-7-11-19/h5-12,14,18H,4,13,15-16H2,1-3H3,(H,23,26)/t18-/m0/s1. The maximum atomic E-state index is 13.0. The zero-order valence-electron chi connectivity index (χ0n) is 15.9. The van der Waals surface area contributed by atoms with E-state index in [1.54, 1.807) is 11.8 Å². The molecule has 2 rings (SSSR count). The molecule has 26 heavy (non-hydrogen) atoms. The minimum atomic E-state index is -0.515. The zero-order valence-corrected chi connectivity index (χ0v) is 15.9. The Morgan fingerprint density at radius 1 is 1.04 bits per heavy atom. The van der Waals surface area contributed by atoms with E-state index in [9.17, 15) is 9.59 Å². The largest absolute Gasteiger partial charge is 0.354 e. The van der Waals surface area contributed by atoms with Crippen LogP contribution in [0.4, 0.5) is 0 Å². The fraction of sp³-hybridized carbons (Fsp3) is 0.364. The minimum Gasteiger partial charge on any atom is -0.354 e. The third-order valence-corrected chi connectivity index (χ3v) is 4.35. The van der Waals surface area contributed by atoms with Gasteiger partial charge in [0.1, 0.15) is 6.04 Å². The third kappa shape index (κ3) is 5.73. The summed E-state index contributed by atoms with van der Waals surface area (Å²) >= 11 is 0. The molecule has 0 saturated carbocycles. The lowest BCUT2D eigenvalue weighted by Crippen LogP contribution is -2.48. The normalized spacial score (nSPS) is 11.7. The average Bonchev–Trinajstić information content (AvgIpc) is 2.64. The number of hydrogen-bond donors (Lipinski definition) is 1. The van der Waals surface area contributed by atoms with Gasteiger partial charge < -0.3 is 10.2 Å². The first-order valence-corrected chi connectivity index (χ1v) is 9.18. The van der Waals surface area contributed by atoms with Gasteiger partial charge in [0.2, 0.25) is 11.8 Å². The first-order chi connectivity index (χ1) is 12.5. The molecule has 2 aromatic carbocycles. The summed E-state index contributed by atoms with van der Waals surface area (Å²) in [6, 6.07) is 17.2. The van der Waals surface area contributed by atoms with Crippen molar-refractivity contribution in [2.24, 2.45) is 0 Å². The van der Waals surface area contributed by atoms with Crippen molar-refractivity contribution in [3.8, 4) is 0 Å². The summed E-state index contributed by atoms with van der Waals surface area (Å²) in [5.74, 6) is -0.155. The van der Waals surface area contributed by atoms with E-state index in [1.165, 1.54) is 0 Å². The SMILES string of the molecule is CCCNC(=O)[C@H](C)N(Cc1cccc(C)c1)C(=O)Cc1ccccc1. The van der Waals surface area contributed by atoms with Crippen LogP contribution in [-0.2, 0) is 22.6 Å². The molecular weight excluding hydrogens is 324 g/mol. The number of hydrogen-bond acceptors (Lipinski definition) is 2. The van der Waals surface area contributed by atoms with Crippen LogP contribution in [0.25, 0.3) is 0 Å². The van der Waals surface area contributed by atoms with Gasteiger partial charge in [-0.3, -0.25) is 9.59 Å². The second-order valence-electron chi connectivity index (χ2n) is 6.64. The van der Waals surface area contributed by atoms with E-state index in [4.69, 9.17) is 0 Å². The monoisotopic (exact) mass is 352 g/mol. The number of carbonyl (C=O) groups is 2. The average molecular weight is 352 g/mol. The Labute approximate surface area is 156 Å². The zero-order chi connectivity index (χ0) is 18.9. The Kier molecular flexibility index (Phi) is 7.39. The molecule has 0 radical (unpaired) electrons. The Morgan fingerprint density at radius 3 is 2.38 bits per heavy atom. The van der Waals surface area contributed by atoms with Crippen LogP contribution in [0, 0.1) is 6.92 Å². The predicted molar refractivity (Wildman–Crippen MR) is 105 cm³/mol. The van der Waals surface area contributed by atoms with Crippen LogP contribution in [0.5, 0.6) is 0 Å². The summed E-state index contributed by atoms with van der Waals surface area (Å²) in [7, 11) is 0. The molecule has 0 bridgehead atoms. The molecule has 0 aliphatic heterocycles. The summed E-state index contributed by atoms with van der Waals surface area (Å²) in [4.78, 5) is 27.1. The van der Waals surface area contributed by atoms with Gasteiger partial charge in [-0.2, -0.15) is 0 Å². The number of amides is 2. The second-order valence-corrected chi connectivity index (χ2v) is 6.64. The molecule has 4 nitrogen and oxygen atoms in total. The van der Waals surface area contributed by atoms with Crippen LogP contribution in [-0.4, -0.2) is 29.3 Å². The fourth-order valence-electron chi connectivity index (χ4n) is 2.86. The molecule has 1 N–H and O–H groups in total. The highest BCUT2D eigenvalue weighted by Gasteiger charge is 2.25. The van der Waals surface area contributed by atoms with Gasteiger partial charge in [0, 0.05) is 13.1 Å². The Bertz CT molecular complexity index is 728. The van der Waals surface area contributed by atoms with Crippen molar-refractivity contribution in [3.05, 3.63) is 71.3 Å². The van der Waals surface area contributed by atoms with Crippen molar-refractivity contribution in [3.63, 3.8) is 0 Å². The highest BCUT2D eigenvalue weighted by molar-refractivity contribution is 5.88. The first-order valence-electron chi connectivity index (χ1n) is 9.18. The lowest BCUT2D eigenvalue weighted by atomic mass is 10.1. The van der Waals surface area contributed by atoms with Gasteiger partial charge in [-0.15, -0.1) is 0 Å². The van der Waals surface area contributed by atoms with Crippen LogP contribution in [0.1, 0.15) is 37.0 Å². The summed E-state index contributed by atoms with van der Waals surface area (Å²) in [6.45, 7) is 6.87. The predicted octanol–water partition coefficient (Wildman–Crippen LogP) is 3.48. The van der Waals surface area contributed by atoms with Crippen molar-refractivity contribution in [2.75, 3.05) is 6.54 Å². The topological polar surface area (TPSA) is 49.4 Å². The Morgan fingerprint density at radius 2 is 1.73 bits per heavy atom. The summed E-state index contributed by atoms with van der Waals surface area (Å²) in [5.41, 5.74) is 3.12. The minimum absolute atomic E-state index is 0.0446. The van der Waals surface area contributed by atoms with Crippen LogP contribution in [0.3, 0.4) is 0 Å². The van der Waals surface area contributed by atoms with E-state index in [1.807, 2.05) is 62.4 Å². The number of nitrogens with zero attached hydrogens (tertiary/aromatic N) is 1. The summed E-state index contributed by atoms with van der Waals surface area (Å²) in [5, 5.41) is 2.90. The van der Waals surface area contributed by atoms with Gasteiger partial charge >= 0.3 is 0 Å². The maximum Gasteiger partial charge on any atom is 0.242 e. The van der Waals surface area contributed by atoms with Crippen molar-refractivity contribution < 1.29 is 9.59 Å². The van der Waals surface area contributed by atoms with Gasteiger partial charge in [0.05, 0.1) is 6.42 Å². The molecule has 2 aromatic rings. The Balaban J connectivity index is 2.19. The van der Waals surface area contributed by atoms with E-state index in [0.717, 1.165) is 23.1 Å². The number of rotatable bonds is 8. The molecule has 0 aliphatic carbocycles. The van der Waals surface area contributed by atoms with E-state index < -0.39 is 6.04 Å². The van der Waals surface area contributed by atoms with Gasteiger partial charge in [0.25, 0.3) is 0 Å². The summed E-state index contributed by atoms with van der Waals surface area (Å²) in [6.07, 6.45) is 1.16. The molecular formula is C22H28N2O2. The van der Waals surface area contributed by atoms with Crippen molar-refractivity contribution >= 4 is 11.8 Å². The molecule has 0 saturated heterocycles. The first kappa shape index (κ1) is 19.7. The molecule has 0 aliphatic rings. The Hall–Kier alpha value is -2.62. The molecule has 0 heterocycles. The lowest BCUT2D eigenvalue weighted by molar-refractivity contribution is -0.140. The highest BCUT2D eigenvalue weighted by atomic mass is 16.2. The van der Waals surface area contributed by atoms with Crippen LogP contribution in [0.2, 0.25) is 0 Å². The number of carbonyl (C=O) groups excluding carboxylic acids is 2. The molecule has 0 fully saturated rings. The van der Waals surface area contributed by atoms with Gasteiger partial charge in [-0.25, -0.2) is 0 Å². The van der Waals surface area contributed by atoms with E-state index in [0.29, 0.717) is 13.1 Å². The van der Waals surface area contributed by atoms with Crippen LogP contribution >= 0.6 is 0 Å². The van der Waals surface area contributed by atoms with Crippen molar-refractivity contribution in [2.45, 2.75) is 46.2 Å². The number of aryl methyl sites for hydroxylation is 1. The molecule has 2 amide bonds. The van der Waals surface area contributed by atoms with E-state index in [-0.39, 0.29) is 18.2 Å². The molecule has 0 unspecified atom stereocenters. The number of nitrogens with one attached hydrogen (secondary N) is 1. The molecule has 0 spiro atoms. The van der Waals surface area contributed by atoms with E-state index >= 15 is 0 Å². The summed E-state index contributed by atoms with van der Waals surface area (Å²) < 4.78 is 0. The smallest absolute Gasteiger partial charge is 0.242 e. The van der Waals surface area contributed by atoms with E-state index in [2.05, 4.69) is 11.4 Å². The van der Waals surface area contributed by atoms with Crippen molar-refractivity contribution in [1.82, 2.24) is 10.2 Å². The van der Waals surface area contributed by atoms with Crippen LogP contribution in [0.15, 0.2) is 54.6 Å². The van der Waals surface area contributed by atoms with Crippen LogP contribution < -0.4 is 5.32 Å². The highest BCUT2D eigenvalue weighted by Crippen LogP contribution is 2.13. The molecule has 138 valence electrons. The lowest BCUT2D eigenvalue weighted by Gasteiger charge is -2.29. The number of benzene rings is 2. The van der Waals surface area contributed by atoms with Gasteiger partial charge in [-0.1, -0.05) is 67.1 Å². The van der Waals surface area contributed by atoms with Gasteiger partial charge in [0.15, 0.2) is 0 Å². The molecule has 4 heteroatoms. The molecule has 0 aromatic heterocycles. The van der Waals surface area contributed by atoms with Crippen molar-refractivity contribution in [1.29, 1.82) is 0 Å². The fourth-order valence-corrected chi connectivity index (χ4v) is 2.86. The second kappa shape index (κ2) is 9.76. The van der Waals surface area contributed by atoms with Gasteiger partial charge in [-0.05, 0) is 31.4 Å². The third-order valence-electron chi connectivity index (χ3n) is 4.35. The molecule has 1 atom stereocenters. The maximum absolute atomic E-state index is 13.0. The quantitative estimate of drug-likeness (QED) is 0.791.